The molecular formula is C18H15N5OS. The third-order valence-corrected chi connectivity index (χ3v) is 4.70. The van der Waals surface area contributed by atoms with Crippen LogP contribution in [0.15, 0.2) is 66.1 Å². The Morgan fingerprint density at radius 1 is 1.04 bits per heavy atom. The molecule has 0 saturated heterocycles. The van der Waals surface area contributed by atoms with E-state index in [-0.39, 0.29) is 0 Å². The van der Waals surface area contributed by atoms with Crippen LogP contribution in [-0.2, 0) is 5.75 Å². The highest BCUT2D eigenvalue weighted by Crippen LogP contribution is 2.24. The fourth-order valence-corrected chi connectivity index (χ4v) is 3.23. The molecule has 0 aliphatic heterocycles. The van der Waals surface area contributed by atoms with Crippen LogP contribution < -0.4 is 4.74 Å². The normalized spacial score (nSPS) is 10.9. The summed E-state index contributed by atoms with van der Waals surface area (Å²) in [5.74, 6) is 1.59. The average molecular weight is 349 g/mol. The number of pyridine rings is 1. The smallest absolute Gasteiger partial charge is 0.212 e. The van der Waals surface area contributed by atoms with Crippen LogP contribution in [0.3, 0.4) is 0 Å². The molecule has 3 aromatic heterocycles. The zero-order valence-corrected chi connectivity index (χ0v) is 14.3. The SMILES string of the molecule is COc1ccc(-c2ccc3nnc(SCc4cccnc4)n3n2)cc1. The van der Waals surface area contributed by atoms with Gasteiger partial charge in [-0.15, -0.1) is 10.2 Å². The Morgan fingerprint density at radius 3 is 2.68 bits per heavy atom. The molecule has 0 atom stereocenters. The van der Waals surface area contributed by atoms with Gasteiger partial charge in [0.05, 0.1) is 12.8 Å². The second-order valence-corrected chi connectivity index (χ2v) is 6.29. The molecule has 1 aromatic carbocycles. The van der Waals surface area contributed by atoms with Crippen LogP contribution in [0, 0.1) is 0 Å². The summed E-state index contributed by atoms with van der Waals surface area (Å²) in [5, 5.41) is 13.9. The number of ether oxygens (including phenoxy) is 1. The molecule has 0 unspecified atom stereocenters. The van der Waals surface area contributed by atoms with E-state index >= 15 is 0 Å². The van der Waals surface area contributed by atoms with Gasteiger partial charge in [-0.3, -0.25) is 4.98 Å². The lowest BCUT2D eigenvalue weighted by atomic mass is 10.1. The first kappa shape index (κ1) is 15.6. The topological polar surface area (TPSA) is 65.2 Å². The highest BCUT2D eigenvalue weighted by Gasteiger charge is 2.10. The summed E-state index contributed by atoms with van der Waals surface area (Å²) in [5.41, 5.74) is 3.74. The van der Waals surface area contributed by atoms with Gasteiger partial charge in [0.1, 0.15) is 5.75 Å². The van der Waals surface area contributed by atoms with Gasteiger partial charge >= 0.3 is 0 Å². The first-order valence-electron chi connectivity index (χ1n) is 7.72. The summed E-state index contributed by atoms with van der Waals surface area (Å²) in [6.45, 7) is 0. The number of rotatable bonds is 5. The van der Waals surface area contributed by atoms with Crippen LogP contribution in [0.5, 0.6) is 5.75 Å². The van der Waals surface area contributed by atoms with Crippen molar-refractivity contribution in [3.05, 3.63) is 66.5 Å². The standard InChI is InChI=1S/C18H15N5OS/c1-24-15-6-4-14(5-7-15)16-8-9-17-20-21-18(23(17)22-16)25-12-13-3-2-10-19-11-13/h2-11H,12H2,1H3. The van der Waals surface area contributed by atoms with Crippen molar-refractivity contribution in [1.29, 1.82) is 0 Å². The van der Waals surface area contributed by atoms with Crippen molar-refractivity contribution < 1.29 is 4.74 Å². The minimum Gasteiger partial charge on any atom is -0.497 e. The quantitative estimate of drug-likeness (QED) is 0.514. The second-order valence-electron chi connectivity index (χ2n) is 5.35. The lowest BCUT2D eigenvalue weighted by Gasteiger charge is -2.04. The van der Waals surface area contributed by atoms with Crippen molar-refractivity contribution >= 4 is 17.4 Å². The van der Waals surface area contributed by atoms with E-state index in [4.69, 9.17) is 4.74 Å². The number of methoxy groups -OCH3 is 1. The summed E-state index contributed by atoms with van der Waals surface area (Å²) >= 11 is 1.59. The number of fused-ring (bicyclic) bond motifs is 1. The van der Waals surface area contributed by atoms with Crippen molar-refractivity contribution in [2.45, 2.75) is 10.9 Å². The highest BCUT2D eigenvalue weighted by molar-refractivity contribution is 7.98. The molecule has 0 bridgehead atoms. The largest absolute Gasteiger partial charge is 0.497 e. The number of aromatic nitrogens is 5. The maximum absolute atomic E-state index is 5.20. The van der Waals surface area contributed by atoms with E-state index < -0.39 is 0 Å². The molecule has 0 saturated carbocycles. The number of hydrogen-bond acceptors (Lipinski definition) is 6. The van der Waals surface area contributed by atoms with Gasteiger partial charge < -0.3 is 4.74 Å². The van der Waals surface area contributed by atoms with E-state index in [9.17, 15) is 0 Å². The third-order valence-electron chi connectivity index (χ3n) is 3.71. The van der Waals surface area contributed by atoms with E-state index in [0.29, 0.717) is 0 Å². The molecule has 4 aromatic rings. The predicted molar refractivity (Wildman–Crippen MR) is 96.6 cm³/mol. The summed E-state index contributed by atoms with van der Waals surface area (Å²) in [6.07, 6.45) is 3.62. The van der Waals surface area contributed by atoms with Crippen molar-refractivity contribution in [3.8, 4) is 17.0 Å². The van der Waals surface area contributed by atoms with Crippen LogP contribution in [0.2, 0.25) is 0 Å². The fourth-order valence-electron chi connectivity index (χ4n) is 2.41. The number of nitrogens with zero attached hydrogens (tertiary/aromatic N) is 5. The maximum Gasteiger partial charge on any atom is 0.212 e. The molecule has 0 spiro atoms. The molecular weight excluding hydrogens is 334 g/mol. The molecule has 0 fully saturated rings. The van der Waals surface area contributed by atoms with E-state index in [1.807, 2.05) is 54.7 Å². The number of benzene rings is 1. The Morgan fingerprint density at radius 2 is 1.92 bits per heavy atom. The van der Waals surface area contributed by atoms with E-state index in [0.717, 1.165) is 39.1 Å². The summed E-state index contributed by atoms with van der Waals surface area (Å²) in [7, 11) is 1.65. The fraction of sp³-hybridized carbons (Fsp3) is 0.111. The molecule has 124 valence electrons. The van der Waals surface area contributed by atoms with Gasteiger partial charge in [-0.1, -0.05) is 17.8 Å². The van der Waals surface area contributed by atoms with Crippen molar-refractivity contribution in [1.82, 2.24) is 24.8 Å². The Labute approximate surface area is 148 Å². The molecule has 0 aliphatic carbocycles. The second kappa shape index (κ2) is 6.90. The minimum absolute atomic E-state index is 0.728. The van der Waals surface area contributed by atoms with Gasteiger partial charge in [0.25, 0.3) is 0 Å². The Hall–Kier alpha value is -2.93. The molecule has 7 heteroatoms. The van der Waals surface area contributed by atoms with Crippen LogP contribution in [0.25, 0.3) is 16.9 Å². The lowest BCUT2D eigenvalue weighted by Crippen LogP contribution is -1.96. The summed E-state index contributed by atoms with van der Waals surface area (Å²) in [4.78, 5) is 4.13. The van der Waals surface area contributed by atoms with E-state index in [1.165, 1.54) is 0 Å². The molecule has 25 heavy (non-hydrogen) atoms. The summed E-state index contributed by atoms with van der Waals surface area (Å²) < 4.78 is 6.98. The zero-order valence-electron chi connectivity index (χ0n) is 13.5. The molecule has 6 nitrogen and oxygen atoms in total. The van der Waals surface area contributed by atoms with Crippen LogP contribution in [0.1, 0.15) is 5.56 Å². The lowest BCUT2D eigenvalue weighted by molar-refractivity contribution is 0.415. The summed E-state index contributed by atoms with van der Waals surface area (Å²) in [6, 6.07) is 15.7. The third kappa shape index (κ3) is 3.32. The maximum atomic E-state index is 5.20. The molecule has 0 N–H and O–H groups in total. The average Bonchev–Trinajstić information content (AvgIpc) is 3.09. The number of hydrogen-bond donors (Lipinski definition) is 0. The van der Waals surface area contributed by atoms with Gasteiger partial charge in [0.15, 0.2) is 5.65 Å². The van der Waals surface area contributed by atoms with Crippen LogP contribution in [0.4, 0.5) is 0 Å². The molecule has 0 radical (unpaired) electrons. The van der Waals surface area contributed by atoms with Gasteiger partial charge in [-0.2, -0.15) is 9.61 Å². The van der Waals surface area contributed by atoms with Crippen molar-refractivity contribution in [2.24, 2.45) is 0 Å². The minimum atomic E-state index is 0.728. The first-order chi connectivity index (χ1) is 12.3. The molecule has 3 heterocycles. The molecule has 4 rings (SSSR count). The monoisotopic (exact) mass is 349 g/mol. The zero-order chi connectivity index (χ0) is 17.1. The van der Waals surface area contributed by atoms with Crippen LogP contribution >= 0.6 is 11.8 Å². The van der Waals surface area contributed by atoms with Gasteiger partial charge in [-0.05, 0) is 48.0 Å². The molecule has 0 amide bonds. The van der Waals surface area contributed by atoms with Gasteiger partial charge in [0, 0.05) is 23.7 Å². The van der Waals surface area contributed by atoms with E-state index in [2.05, 4.69) is 20.3 Å². The molecule has 0 aliphatic rings. The first-order valence-corrected chi connectivity index (χ1v) is 8.70. The highest BCUT2D eigenvalue weighted by atomic mass is 32.2. The Kier molecular flexibility index (Phi) is 4.30. The van der Waals surface area contributed by atoms with E-state index in [1.54, 1.807) is 29.6 Å². The van der Waals surface area contributed by atoms with Crippen molar-refractivity contribution in [2.75, 3.05) is 7.11 Å². The van der Waals surface area contributed by atoms with Gasteiger partial charge in [0.2, 0.25) is 5.16 Å². The van der Waals surface area contributed by atoms with Crippen LogP contribution in [-0.4, -0.2) is 31.9 Å². The number of thioether (sulfide) groups is 1. The van der Waals surface area contributed by atoms with Crippen molar-refractivity contribution in [3.63, 3.8) is 0 Å². The predicted octanol–water partition coefficient (Wildman–Crippen LogP) is 3.49. The van der Waals surface area contributed by atoms with Gasteiger partial charge in [-0.25, -0.2) is 0 Å². The Bertz CT molecular complexity index is 985. The Balaban J connectivity index is 1.62.